The van der Waals surface area contributed by atoms with E-state index in [4.69, 9.17) is 28.2 Å². The van der Waals surface area contributed by atoms with Gasteiger partial charge in [0.05, 0.1) is 23.4 Å². The van der Waals surface area contributed by atoms with Gasteiger partial charge in [-0.2, -0.15) is 0 Å². The summed E-state index contributed by atoms with van der Waals surface area (Å²) in [6, 6.07) is 13.4. The zero-order valence-electron chi connectivity index (χ0n) is 16.9. The topological polar surface area (TPSA) is 88.9 Å². The predicted molar refractivity (Wildman–Crippen MR) is 123 cm³/mol. The molecule has 2 aromatic carbocycles. The van der Waals surface area contributed by atoms with Crippen LogP contribution in [0, 0.1) is 5.82 Å². The standard InChI is InChI=1S/C23H14ClFN2O5S/c1-31-22(30)13-4-2-12(3-5-13)19-9-7-15(32-19)11-16-20(28)26-23(33)27(21(16)29)14-6-8-18(25)17(24)10-14/h2-11H,1H3,(H,26,28,33)/b16-11+. The van der Waals surface area contributed by atoms with Crippen LogP contribution in [0.15, 0.2) is 64.6 Å². The number of carbonyl (C=O) groups excluding carboxylic acids is 3. The quantitative estimate of drug-likeness (QED) is 0.256. The fourth-order valence-electron chi connectivity index (χ4n) is 3.13. The van der Waals surface area contributed by atoms with Crippen molar-refractivity contribution >= 4 is 58.5 Å². The van der Waals surface area contributed by atoms with Crippen molar-refractivity contribution < 1.29 is 27.9 Å². The molecule has 0 bridgehead atoms. The van der Waals surface area contributed by atoms with E-state index in [1.165, 1.54) is 25.3 Å². The molecule has 166 valence electrons. The summed E-state index contributed by atoms with van der Waals surface area (Å²) in [6.07, 6.45) is 1.28. The molecule has 0 atom stereocenters. The molecule has 3 aromatic rings. The van der Waals surface area contributed by atoms with E-state index < -0.39 is 23.6 Å². The number of esters is 1. The smallest absolute Gasteiger partial charge is 0.337 e. The van der Waals surface area contributed by atoms with Gasteiger partial charge < -0.3 is 9.15 Å². The first-order chi connectivity index (χ1) is 15.8. The summed E-state index contributed by atoms with van der Waals surface area (Å²) in [7, 11) is 1.30. The first-order valence-corrected chi connectivity index (χ1v) is 10.2. The predicted octanol–water partition coefficient (Wildman–Crippen LogP) is 4.36. The highest BCUT2D eigenvalue weighted by Gasteiger charge is 2.35. The Kier molecular flexibility index (Phi) is 6.08. The average molecular weight is 485 g/mol. The van der Waals surface area contributed by atoms with Crippen molar-refractivity contribution in [3.63, 3.8) is 0 Å². The van der Waals surface area contributed by atoms with Gasteiger partial charge in [0.15, 0.2) is 5.11 Å². The molecule has 10 heteroatoms. The number of amides is 2. The van der Waals surface area contributed by atoms with Crippen molar-refractivity contribution in [2.75, 3.05) is 12.0 Å². The molecule has 1 N–H and O–H groups in total. The number of nitrogens with one attached hydrogen (secondary N) is 1. The zero-order valence-corrected chi connectivity index (χ0v) is 18.5. The van der Waals surface area contributed by atoms with Crippen LogP contribution in [0.2, 0.25) is 5.02 Å². The summed E-state index contributed by atoms with van der Waals surface area (Å²) in [5.74, 6) is -1.83. The average Bonchev–Trinajstić information content (AvgIpc) is 3.27. The number of hydrogen-bond donors (Lipinski definition) is 1. The van der Waals surface area contributed by atoms with Crippen LogP contribution in [0.25, 0.3) is 17.4 Å². The monoisotopic (exact) mass is 484 g/mol. The van der Waals surface area contributed by atoms with Crippen LogP contribution in [0.4, 0.5) is 10.1 Å². The second-order valence-electron chi connectivity index (χ2n) is 6.83. The molecule has 0 radical (unpaired) electrons. The number of rotatable bonds is 4. The Morgan fingerprint density at radius 2 is 1.88 bits per heavy atom. The maximum atomic E-state index is 13.5. The normalized spacial score (nSPS) is 15.1. The summed E-state index contributed by atoms with van der Waals surface area (Å²) in [5.41, 5.74) is 1.03. The lowest BCUT2D eigenvalue weighted by atomic mass is 10.1. The van der Waals surface area contributed by atoms with Crippen LogP contribution in [0.3, 0.4) is 0 Å². The molecular formula is C23H14ClFN2O5S. The molecule has 0 aliphatic carbocycles. The molecule has 33 heavy (non-hydrogen) atoms. The van der Waals surface area contributed by atoms with Crippen molar-refractivity contribution in [3.8, 4) is 11.3 Å². The van der Waals surface area contributed by atoms with E-state index in [0.717, 1.165) is 11.0 Å². The Balaban J connectivity index is 1.63. The molecular weight excluding hydrogens is 471 g/mol. The van der Waals surface area contributed by atoms with E-state index in [9.17, 15) is 18.8 Å². The second kappa shape index (κ2) is 8.97. The first-order valence-electron chi connectivity index (χ1n) is 9.43. The second-order valence-corrected chi connectivity index (χ2v) is 7.62. The van der Waals surface area contributed by atoms with Crippen LogP contribution in [-0.2, 0) is 14.3 Å². The highest BCUT2D eigenvalue weighted by atomic mass is 35.5. The van der Waals surface area contributed by atoms with Gasteiger partial charge in [-0.1, -0.05) is 23.7 Å². The minimum atomic E-state index is -0.716. The fourth-order valence-corrected chi connectivity index (χ4v) is 3.59. The van der Waals surface area contributed by atoms with E-state index in [1.54, 1.807) is 36.4 Å². The third kappa shape index (κ3) is 4.41. The van der Waals surface area contributed by atoms with Gasteiger partial charge in [-0.25, -0.2) is 9.18 Å². The highest BCUT2D eigenvalue weighted by molar-refractivity contribution is 7.80. The molecule has 1 aromatic heterocycles. The van der Waals surface area contributed by atoms with Crippen LogP contribution >= 0.6 is 23.8 Å². The third-order valence-electron chi connectivity index (χ3n) is 4.77. The van der Waals surface area contributed by atoms with E-state index in [2.05, 4.69) is 10.1 Å². The van der Waals surface area contributed by atoms with Crippen molar-refractivity contribution in [3.05, 3.63) is 82.3 Å². The number of benzene rings is 2. The zero-order chi connectivity index (χ0) is 23.7. The molecule has 2 heterocycles. The van der Waals surface area contributed by atoms with Crippen molar-refractivity contribution in [2.24, 2.45) is 0 Å². The van der Waals surface area contributed by atoms with Gasteiger partial charge in [-0.05, 0) is 60.8 Å². The maximum Gasteiger partial charge on any atom is 0.337 e. The van der Waals surface area contributed by atoms with Crippen LogP contribution < -0.4 is 10.2 Å². The lowest BCUT2D eigenvalue weighted by molar-refractivity contribution is -0.122. The van der Waals surface area contributed by atoms with Crippen molar-refractivity contribution in [1.29, 1.82) is 0 Å². The number of methoxy groups -OCH3 is 1. The number of halogens is 2. The van der Waals surface area contributed by atoms with Crippen LogP contribution in [-0.4, -0.2) is 30.0 Å². The Hall–Kier alpha value is -3.82. The molecule has 1 aliphatic heterocycles. The van der Waals surface area contributed by atoms with Gasteiger partial charge in [0.25, 0.3) is 11.8 Å². The number of thiocarbonyl (C=S) groups is 1. The highest BCUT2D eigenvalue weighted by Crippen LogP contribution is 2.28. The molecule has 7 nitrogen and oxygen atoms in total. The van der Waals surface area contributed by atoms with Gasteiger partial charge >= 0.3 is 5.97 Å². The van der Waals surface area contributed by atoms with Crippen LogP contribution in [0.1, 0.15) is 16.1 Å². The van der Waals surface area contributed by atoms with Crippen molar-refractivity contribution in [2.45, 2.75) is 0 Å². The lowest BCUT2D eigenvalue weighted by Gasteiger charge is -2.28. The Morgan fingerprint density at radius 1 is 1.15 bits per heavy atom. The minimum absolute atomic E-state index is 0.157. The SMILES string of the molecule is COC(=O)c1ccc(-c2ccc(/C=C3\C(=O)NC(=S)N(c4ccc(F)c(Cl)c4)C3=O)o2)cc1. The first kappa shape index (κ1) is 22.4. The molecule has 1 aliphatic rings. The number of hydrogen-bond acceptors (Lipinski definition) is 6. The van der Waals surface area contributed by atoms with Gasteiger partial charge in [-0.3, -0.25) is 19.8 Å². The van der Waals surface area contributed by atoms with Crippen LogP contribution in [0.5, 0.6) is 0 Å². The summed E-state index contributed by atoms with van der Waals surface area (Å²) < 4.78 is 23.9. The van der Waals surface area contributed by atoms with E-state index >= 15 is 0 Å². The fraction of sp³-hybridized carbons (Fsp3) is 0.0435. The van der Waals surface area contributed by atoms with Crippen molar-refractivity contribution in [1.82, 2.24) is 5.32 Å². The number of furan rings is 1. The van der Waals surface area contributed by atoms with E-state index in [1.807, 2.05) is 0 Å². The van der Waals surface area contributed by atoms with E-state index in [0.29, 0.717) is 16.9 Å². The summed E-state index contributed by atoms with van der Waals surface area (Å²) in [6.45, 7) is 0. The number of ether oxygens (including phenoxy) is 1. The molecule has 1 fully saturated rings. The molecule has 0 saturated carbocycles. The molecule has 0 spiro atoms. The molecule has 4 rings (SSSR count). The summed E-state index contributed by atoms with van der Waals surface area (Å²) in [5, 5.41) is 2.08. The Bertz CT molecular complexity index is 1330. The third-order valence-corrected chi connectivity index (χ3v) is 5.34. The number of anilines is 1. The maximum absolute atomic E-state index is 13.5. The Labute approximate surface area is 197 Å². The number of nitrogens with zero attached hydrogens (tertiary/aromatic N) is 1. The summed E-state index contributed by atoms with van der Waals surface area (Å²) in [4.78, 5) is 38.1. The lowest BCUT2D eigenvalue weighted by Crippen LogP contribution is -2.54. The van der Waals surface area contributed by atoms with E-state index in [-0.39, 0.29) is 27.2 Å². The van der Waals surface area contributed by atoms with Gasteiger partial charge in [0.2, 0.25) is 0 Å². The van der Waals surface area contributed by atoms with Gasteiger partial charge in [0, 0.05) is 5.56 Å². The Morgan fingerprint density at radius 3 is 2.55 bits per heavy atom. The molecule has 1 saturated heterocycles. The molecule has 2 amide bonds. The molecule has 0 unspecified atom stereocenters. The largest absolute Gasteiger partial charge is 0.465 e. The number of carbonyl (C=O) groups is 3. The minimum Gasteiger partial charge on any atom is -0.465 e. The van der Waals surface area contributed by atoms with Gasteiger partial charge in [-0.15, -0.1) is 0 Å². The summed E-state index contributed by atoms with van der Waals surface area (Å²) >= 11 is 10.9. The van der Waals surface area contributed by atoms with Gasteiger partial charge in [0.1, 0.15) is 22.9 Å².